The number of esters is 1. The number of rotatable bonds is 47. The third kappa shape index (κ3) is 36.5. The number of unbranched alkanes of at least 4 members (excludes halogenated alkanes) is 32. The second-order valence-corrected chi connectivity index (χ2v) is 18.7. The molecule has 1 aliphatic rings. The maximum absolute atomic E-state index is 12.8. The first-order valence-electron chi connectivity index (χ1n) is 26.9. The molecule has 9 heteroatoms. The summed E-state index contributed by atoms with van der Waals surface area (Å²) in [7, 11) is 0. The van der Waals surface area contributed by atoms with Gasteiger partial charge in [0.2, 0.25) is 0 Å². The fourth-order valence-electron chi connectivity index (χ4n) is 8.41. The van der Waals surface area contributed by atoms with E-state index in [0.717, 1.165) is 38.5 Å². The first kappa shape index (κ1) is 59.7. The molecule has 1 rings (SSSR count). The lowest BCUT2D eigenvalue weighted by Crippen LogP contribution is -2.59. The quantitative estimate of drug-likeness (QED) is 0.0267. The van der Waals surface area contributed by atoms with Crippen LogP contribution in [0, 0.1) is 0 Å². The van der Waals surface area contributed by atoms with E-state index in [2.05, 4.69) is 38.2 Å². The molecule has 0 bridgehead atoms. The fraction of sp³-hybridized carbons (Fsp3) is 0.907. The van der Waals surface area contributed by atoms with Gasteiger partial charge in [-0.05, 0) is 44.9 Å². The van der Waals surface area contributed by atoms with Crippen molar-refractivity contribution in [1.82, 2.24) is 0 Å². The van der Waals surface area contributed by atoms with Gasteiger partial charge in [-0.25, -0.2) is 0 Å². The first-order valence-corrected chi connectivity index (χ1v) is 26.9. The number of allylic oxidation sites excluding steroid dienone is 4. The second kappa shape index (κ2) is 45.8. The van der Waals surface area contributed by atoms with Crippen molar-refractivity contribution in [1.29, 1.82) is 0 Å². The zero-order valence-corrected chi connectivity index (χ0v) is 41.1. The van der Waals surface area contributed by atoms with Gasteiger partial charge in [0.15, 0.2) is 6.29 Å². The van der Waals surface area contributed by atoms with E-state index in [1.807, 2.05) is 0 Å². The SMILES string of the molecule is CCCCCCC/C=C\C/C=C\CCCCCCCCCCCCCCCC(=O)OC(COCCCCCCCCCCCCCCCCC)COC1OC(CO)C(O)C(O)C1O. The van der Waals surface area contributed by atoms with Crippen LogP contribution in [-0.4, -0.2) is 89.6 Å². The highest BCUT2D eigenvalue weighted by atomic mass is 16.7. The Bertz CT molecular complexity index is 1020. The molecule has 1 heterocycles. The van der Waals surface area contributed by atoms with Crippen molar-refractivity contribution in [2.24, 2.45) is 0 Å². The van der Waals surface area contributed by atoms with E-state index in [1.54, 1.807) is 0 Å². The molecule has 372 valence electrons. The van der Waals surface area contributed by atoms with Crippen molar-refractivity contribution in [3.63, 3.8) is 0 Å². The average Bonchev–Trinajstić information content (AvgIpc) is 3.28. The maximum atomic E-state index is 12.8. The normalized spacial score (nSPS) is 19.7. The largest absolute Gasteiger partial charge is 0.457 e. The Morgan fingerprint density at radius 2 is 0.921 bits per heavy atom. The molecule has 0 saturated carbocycles. The summed E-state index contributed by atoms with van der Waals surface area (Å²) in [6.07, 6.45) is 47.9. The van der Waals surface area contributed by atoms with Crippen LogP contribution in [0.2, 0.25) is 0 Å². The van der Waals surface area contributed by atoms with Crippen LogP contribution in [0.5, 0.6) is 0 Å². The van der Waals surface area contributed by atoms with E-state index in [0.29, 0.717) is 13.0 Å². The van der Waals surface area contributed by atoms with Crippen molar-refractivity contribution in [3.8, 4) is 0 Å². The van der Waals surface area contributed by atoms with Crippen LogP contribution >= 0.6 is 0 Å². The van der Waals surface area contributed by atoms with Gasteiger partial charge in [-0.3, -0.25) is 4.79 Å². The monoisotopic (exact) mass is 895 g/mol. The van der Waals surface area contributed by atoms with Gasteiger partial charge in [0.1, 0.15) is 30.5 Å². The molecule has 63 heavy (non-hydrogen) atoms. The smallest absolute Gasteiger partial charge is 0.306 e. The minimum absolute atomic E-state index is 0.109. The molecule has 1 fully saturated rings. The van der Waals surface area contributed by atoms with E-state index in [-0.39, 0.29) is 19.2 Å². The highest BCUT2D eigenvalue weighted by Gasteiger charge is 2.44. The van der Waals surface area contributed by atoms with Crippen LogP contribution in [0.15, 0.2) is 24.3 Å². The molecule has 4 N–H and O–H groups in total. The van der Waals surface area contributed by atoms with Crippen LogP contribution in [0.25, 0.3) is 0 Å². The van der Waals surface area contributed by atoms with Crippen molar-refractivity contribution in [2.45, 2.75) is 288 Å². The van der Waals surface area contributed by atoms with Crippen LogP contribution in [0.1, 0.15) is 251 Å². The Morgan fingerprint density at radius 3 is 1.37 bits per heavy atom. The lowest BCUT2D eigenvalue weighted by atomic mass is 9.99. The lowest BCUT2D eigenvalue weighted by molar-refractivity contribution is -0.305. The molecular weight excluding hydrogens is 793 g/mol. The topological polar surface area (TPSA) is 135 Å². The highest BCUT2D eigenvalue weighted by Crippen LogP contribution is 2.23. The van der Waals surface area contributed by atoms with Crippen molar-refractivity contribution >= 4 is 5.97 Å². The van der Waals surface area contributed by atoms with Crippen LogP contribution < -0.4 is 0 Å². The summed E-state index contributed by atoms with van der Waals surface area (Å²) in [5, 5.41) is 40.3. The Balaban J connectivity index is 2.15. The number of hydrogen-bond acceptors (Lipinski definition) is 9. The van der Waals surface area contributed by atoms with E-state index >= 15 is 0 Å². The zero-order chi connectivity index (χ0) is 45.7. The van der Waals surface area contributed by atoms with Crippen LogP contribution in [0.3, 0.4) is 0 Å². The van der Waals surface area contributed by atoms with E-state index in [4.69, 9.17) is 18.9 Å². The number of aliphatic hydroxyl groups excluding tert-OH is 4. The molecule has 0 spiro atoms. The van der Waals surface area contributed by atoms with Crippen molar-refractivity contribution in [2.75, 3.05) is 26.4 Å². The molecule has 0 aromatic carbocycles. The highest BCUT2D eigenvalue weighted by molar-refractivity contribution is 5.69. The summed E-state index contributed by atoms with van der Waals surface area (Å²) in [6.45, 7) is 4.60. The number of ether oxygens (including phenoxy) is 4. The maximum Gasteiger partial charge on any atom is 0.306 e. The summed E-state index contributed by atoms with van der Waals surface area (Å²) < 4.78 is 22.9. The van der Waals surface area contributed by atoms with Gasteiger partial charge in [-0.15, -0.1) is 0 Å². The third-order valence-corrected chi connectivity index (χ3v) is 12.6. The number of carbonyl (C=O) groups is 1. The lowest BCUT2D eigenvalue weighted by Gasteiger charge is -2.39. The van der Waals surface area contributed by atoms with Crippen molar-refractivity contribution in [3.05, 3.63) is 24.3 Å². The summed E-state index contributed by atoms with van der Waals surface area (Å²) in [4.78, 5) is 12.8. The molecule has 9 nitrogen and oxygen atoms in total. The fourth-order valence-corrected chi connectivity index (χ4v) is 8.41. The second-order valence-electron chi connectivity index (χ2n) is 18.7. The van der Waals surface area contributed by atoms with E-state index in [9.17, 15) is 25.2 Å². The predicted octanol–water partition coefficient (Wildman–Crippen LogP) is 13.3. The molecule has 0 amide bonds. The van der Waals surface area contributed by atoms with Gasteiger partial charge in [-0.2, -0.15) is 0 Å². The molecule has 0 aromatic rings. The van der Waals surface area contributed by atoms with E-state index in [1.165, 1.54) is 193 Å². The van der Waals surface area contributed by atoms with Crippen molar-refractivity contribution < 1.29 is 44.2 Å². The molecule has 6 atom stereocenters. The zero-order valence-electron chi connectivity index (χ0n) is 41.1. The van der Waals surface area contributed by atoms with Gasteiger partial charge >= 0.3 is 5.97 Å². The van der Waals surface area contributed by atoms with Gasteiger partial charge in [0, 0.05) is 13.0 Å². The predicted molar refractivity (Wildman–Crippen MR) is 261 cm³/mol. The minimum atomic E-state index is -1.53. The Kier molecular flexibility index (Phi) is 43.4. The Hall–Kier alpha value is -1.33. The summed E-state index contributed by atoms with van der Waals surface area (Å²) in [6, 6.07) is 0. The number of aliphatic hydroxyl groups is 4. The standard InChI is InChI=1S/C54H102O9/c1-3-5-7-9-11-13-15-17-19-20-21-22-23-24-25-26-27-28-29-31-33-35-37-39-41-43-50(56)62-48(47-61-54-53(59)52(58)51(57)49(45-55)63-54)46-60-44-42-40-38-36-34-32-30-18-16-14-12-10-8-6-4-2/h15,17,20-21,48-49,51-55,57-59H,3-14,16,18-19,22-47H2,1-2H3/b17-15-,21-20-. The first-order chi connectivity index (χ1) is 30.9. The molecule has 0 radical (unpaired) electrons. The average molecular weight is 895 g/mol. The summed E-state index contributed by atoms with van der Waals surface area (Å²) in [5.41, 5.74) is 0. The summed E-state index contributed by atoms with van der Waals surface area (Å²) >= 11 is 0. The molecule has 6 unspecified atom stereocenters. The molecule has 1 saturated heterocycles. The Morgan fingerprint density at radius 1 is 0.508 bits per heavy atom. The van der Waals surface area contributed by atoms with Crippen LogP contribution in [-0.2, 0) is 23.7 Å². The molecule has 0 aliphatic carbocycles. The van der Waals surface area contributed by atoms with Gasteiger partial charge in [-0.1, -0.05) is 224 Å². The minimum Gasteiger partial charge on any atom is -0.457 e. The van der Waals surface area contributed by atoms with E-state index < -0.39 is 43.4 Å². The van der Waals surface area contributed by atoms with Gasteiger partial charge in [0.25, 0.3) is 0 Å². The molecule has 0 aromatic heterocycles. The Labute approximate surface area is 387 Å². The molecular formula is C54H102O9. The van der Waals surface area contributed by atoms with Crippen LogP contribution in [0.4, 0.5) is 0 Å². The third-order valence-electron chi connectivity index (χ3n) is 12.6. The van der Waals surface area contributed by atoms with Gasteiger partial charge < -0.3 is 39.4 Å². The number of hydrogen-bond donors (Lipinski definition) is 4. The van der Waals surface area contributed by atoms with Gasteiger partial charge in [0.05, 0.1) is 19.8 Å². The number of carbonyl (C=O) groups excluding carboxylic acids is 1. The summed E-state index contributed by atoms with van der Waals surface area (Å²) in [5.74, 6) is -0.309. The molecule has 1 aliphatic heterocycles.